The maximum Gasteiger partial charge on any atom is 0.253 e. The molecule has 0 radical (unpaired) electrons. The van der Waals surface area contributed by atoms with Crippen LogP contribution in [-0.2, 0) is 13.0 Å². The smallest absolute Gasteiger partial charge is 0.253 e. The van der Waals surface area contributed by atoms with Gasteiger partial charge in [-0.05, 0) is 74.9 Å². The summed E-state index contributed by atoms with van der Waals surface area (Å²) >= 11 is 0. The van der Waals surface area contributed by atoms with Crippen molar-refractivity contribution in [2.75, 3.05) is 13.1 Å². The van der Waals surface area contributed by atoms with Crippen molar-refractivity contribution in [3.8, 4) is 5.75 Å². The van der Waals surface area contributed by atoms with Gasteiger partial charge in [0.25, 0.3) is 5.91 Å². The fraction of sp³-hybridized carbons (Fsp3) is 0.481. The first-order valence-corrected chi connectivity index (χ1v) is 12.0. The summed E-state index contributed by atoms with van der Waals surface area (Å²) in [6.45, 7) is 10.9. The van der Waals surface area contributed by atoms with Crippen molar-refractivity contribution in [1.29, 1.82) is 0 Å². The number of rotatable bonds is 10. The number of carbonyl (C=O) groups is 1. The predicted molar refractivity (Wildman–Crippen MR) is 129 cm³/mol. The van der Waals surface area contributed by atoms with E-state index in [1.54, 1.807) is 0 Å². The molecule has 1 aromatic heterocycles. The average Bonchev–Trinajstić information content (AvgIpc) is 3.53. The third-order valence-corrected chi connectivity index (χ3v) is 6.17. The first-order chi connectivity index (χ1) is 15.5. The summed E-state index contributed by atoms with van der Waals surface area (Å²) in [4.78, 5) is 19.7. The standard InChI is InChI=1S/C27H35N3O2/c1-5-29(6-2)27(31)21-9-14-25-24(18-21)28-26(30(25)16-15-19(3)4)17-20-7-10-22(11-8-20)32-23-12-13-23/h7-11,14,18-19,23H,5-6,12-13,15-17H2,1-4H3. The van der Waals surface area contributed by atoms with E-state index >= 15 is 0 Å². The first kappa shape index (κ1) is 22.4. The molecule has 1 heterocycles. The van der Waals surface area contributed by atoms with Crippen LogP contribution in [0.3, 0.4) is 0 Å². The molecule has 4 rings (SSSR count). The number of aryl methyl sites for hydroxylation is 1. The minimum atomic E-state index is 0.0708. The van der Waals surface area contributed by atoms with Crippen molar-refractivity contribution in [1.82, 2.24) is 14.5 Å². The molecule has 170 valence electrons. The van der Waals surface area contributed by atoms with Crippen molar-refractivity contribution in [3.05, 3.63) is 59.4 Å². The highest BCUT2D eigenvalue weighted by Gasteiger charge is 2.23. The molecular formula is C27H35N3O2. The van der Waals surface area contributed by atoms with Crippen LogP contribution in [0.15, 0.2) is 42.5 Å². The Hall–Kier alpha value is -2.82. The van der Waals surface area contributed by atoms with Crippen LogP contribution in [0.5, 0.6) is 5.75 Å². The van der Waals surface area contributed by atoms with E-state index in [0.717, 1.165) is 42.0 Å². The maximum atomic E-state index is 12.8. The molecule has 5 nitrogen and oxygen atoms in total. The third-order valence-electron chi connectivity index (χ3n) is 6.17. The number of hydrogen-bond acceptors (Lipinski definition) is 3. The summed E-state index contributed by atoms with van der Waals surface area (Å²) in [7, 11) is 0. The second kappa shape index (κ2) is 9.76. The van der Waals surface area contributed by atoms with Gasteiger partial charge < -0.3 is 14.2 Å². The van der Waals surface area contributed by atoms with Crippen LogP contribution in [0.2, 0.25) is 0 Å². The van der Waals surface area contributed by atoms with E-state index in [1.807, 2.05) is 30.9 Å². The van der Waals surface area contributed by atoms with Gasteiger partial charge in [0.1, 0.15) is 11.6 Å². The molecule has 0 atom stereocenters. The lowest BCUT2D eigenvalue weighted by molar-refractivity contribution is 0.0773. The normalized spacial score (nSPS) is 13.7. The molecule has 3 aromatic rings. The molecule has 0 saturated heterocycles. The Bertz CT molecular complexity index is 1060. The van der Waals surface area contributed by atoms with Crippen molar-refractivity contribution < 1.29 is 9.53 Å². The number of aromatic nitrogens is 2. The number of amides is 1. The van der Waals surface area contributed by atoms with Crippen molar-refractivity contribution in [2.45, 2.75) is 66.0 Å². The molecule has 1 amide bonds. The Morgan fingerprint density at radius 3 is 2.47 bits per heavy atom. The SMILES string of the molecule is CCN(CC)C(=O)c1ccc2c(c1)nc(Cc1ccc(OC3CC3)cc1)n2CCC(C)C. The molecule has 1 aliphatic rings. The van der Waals surface area contributed by atoms with Crippen molar-refractivity contribution in [3.63, 3.8) is 0 Å². The lowest BCUT2D eigenvalue weighted by atomic mass is 10.1. The zero-order valence-electron chi connectivity index (χ0n) is 19.8. The van der Waals surface area contributed by atoms with E-state index in [-0.39, 0.29) is 5.91 Å². The summed E-state index contributed by atoms with van der Waals surface area (Å²) in [5, 5.41) is 0. The topological polar surface area (TPSA) is 47.4 Å². The summed E-state index contributed by atoms with van der Waals surface area (Å²) in [6, 6.07) is 14.4. The van der Waals surface area contributed by atoms with Gasteiger partial charge in [0.05, 0.1) is 17.1 Å². The maximum absolute atomic E-state index is 12.8. The molecule has 0 N–H and O–H groups in total. The number of hydrogen-bond donors (Lipinski definition) is 0. The molecular weight excluding hydrogens is 398 g/mol. The quantitative estimate of drug-likeness (QED) is 0.412. The minimum absolute atomic E-state index is 0.0708. The van der Waals surface area contributed by atoms with Gasteiger partial charge in [-0.15, -0.1) is 0 Å². The van der Waals surface area contributed by atoms with E-state index in [1.165, 1.54) is 18.4 Å². The Morgan fingerprint density at radius 2 is 1.84 bits per heavy atom. The fourth-order valence-corrected chi connectivity index (χ4v) is 4.02. The van der Waals surface area contributed by atoms with Crippen LogP contribution in [0.4, 0.5) is 0 Å². The first-order valence-electron chi connectivity index (χ1n) is 12.0. The number of carbonyl (C=O) groups excluding carboxylic acids is 1. The van der Waals surface area contributed by atoms with E-state index in [4.69, 9.17) is 9.72 Å². The van der Waals surface area contributed by atoms with E-state index in [9.17, 15) is 4.79 Å². The summed E-state index contributed by atoms with van der Waals surface area (Å²) in [5.41, 5.74) is 3.93. The second-order valence-electron chi connectivity index (χ2n) is 9.18. The number of benzene rings is 2. The average molecular weight is 434 g/mol. The van der Waals surface area contributed by atoms with Gasteiger partial charge in [-0.25, -0.2) is 4.98 Å². The molecule has 2 aromatic carbocycles. The van der Waals surface area contributed by atoms with Gasteiger partial charge in [0, 0.05) is 31.6 Å². The number of nitrogens with zero attached hydrogens (tertiary/aromatic N) is 3. The zero-order chi connectivity index (χ0) is 22.7. The van der Waals surface area contributed by atoms with Crippen LogP contribution in [0, 0.1) is 5.92 Å². The summed E-state index contributed by atoms with van der Waals surface area (Å²) in [5.74, 6) is 2.68. The van der Waals surface area contributed by atoms with Crippen molar-refractivity contribution in [2.24, 2.45) is 5.92 Å². The highest BCUT2D eigenvalue weighted by Crippen LogP contribution is 2.27. The number of imidazole rings is 1. The van der Waals surface area contributed by atoms with Crippen LogP contribution < -0.4 is 4.74 Å². The van der Waals surface area contributed by atoms with Gasteiger partial charge in [-0.3, -0.25) is 4.79 Å². The molecule has 32 heavy (non-hydrogen) atoms. The van der Waals surface area contributed by atoms with Crippen LogP contribution in [0.1, 0.15) is 68.7 Å². The second-order valence-corrected chi connectivity index (χ2v) is 9.18. The summed E-state index contributed by atoms with van der Waals surface area (Å²) in [6.07, 6.45) is 4.60. The Labute approximate surface area is 191 Å². The van der Waals surface area contributed by atoms with Gasteiger partial charge in [0.2, 0.25) is 0 Å². The molecule has 5 heteroatoms. The van der Waals surface area contributed by atoms with Crippen LogP contribution >= 0.6 is 0 Å². The molecule has 0 aliphatic heterocycles. The zero-order valence-corrected chi connectivity index (χ0v) is 19.8. The van der Waals surface area contributed by atoms with Gasteiger partial charge >= 0.3 is 0 Å². The van der Waals surface area contributed by atoms with Gasteiger partial charge in [-0.2, -0.15) is 0 Å². The summed E-state index contributed by atoms with van der Waals surface area (Å²) < 4.78 is 8.21. The highest BCUT2D eigenvalue weighted by atomic mass is 16.5. The Morgan fingerprint density at radius 1 is 1.12 bits per heavy atom. The number of ether oxygens (including phenoxy) is 1. The van der Waals surface area contributed by atoms with Crippen LogP contribution in [-0.4, -0.2) is 39.6 Å². The van der Waals surface area contributed by atoms with Gasteiger partial charge in [-0.1, -0.05) is 26.0 Å². The largest absolute Gasteiger partial charge is 0.490 e. The Kier molecular flexibility index (Phi) is 6.83. The molecule has 0 bridgehead atoms. The molecule has 1 fully saturated rings. The molecule has 1 saturated carbocycles. The fourth-order valence-electron chi connectivity index (χ4n) is 4.02. The van der Waals surface area contributed by atoms with E-state index in [0.29, 0.717) is 30.7 Å². The molecule has 1 aliphatic carbocycles. The van der Waals surface area contributed by atoms with Crippen LogP contribution in [0.25, 0.3) is 11.0 Å². The minimum Gasteiger partial charge on any atom is -0.490 e. The molecule has 0 unspecified atom stereocenters. The highest BCUT2D eigenvalue weighted by molar-refractivity contribution is 5.97. The lowest BCUT2D eigenvalue weighted by Gasteiger charge is -2.18. The number of fused-ring (bicyclic) bond motifs is 1. The third kappa shape index (κ3) is 5.14. The van der Waals surface area contributed by atoms with Gasteiger partial charge in [0.15, 0.2) is 0 Å². The monoisotopic (exact) mass is 433 g/mol. The predicted octanol–water partition coefficient (Wildman–Crippen LogP) is 5.70. The van der Waals surface area contributed by atoms with Crippen molar-refractivity contribution >= 4 is 16.9 Å². The van der Waals surface area contributed by atoms with E-state index < -0.39 is 0 Å². The lowest BCUT2D eigenvalue weighted by Crippen LogP contribution is -2.30. The molecule has 0 spiro atoms. The van der Waals surface area contributed by atoms with E-state index in [2.05, 4.69) is 48.7 Å². The Balaban J connectivity index is 1.62.